The number of anilines is 1. The minimum atomic E-state index is -0.643. The number of amides is 2. The summed E-state index contributed by atoms with van der Waals surface area (Å²) in [5.74, 6) is 0.0681. The van der Waals surface area contributed by atoms with Crippen molar-refractivity contribution in [1.82, 2.24) is 5.32 Å². The molecule has 0 spiro atoms. The maximum absolute atomic E-state index is 12.1. The molecule has 2 aromatic carbocycles. The lowest BCUT2D eigenvalue weighted by molar-refractivity contribution is -0.124. The van der Waals surface area contributed by atoms with Crippen LogP contribution in [0.15, 0.2) is 42.5 Å². The fourth-order valence-corrected chi connectivity index (χ4v) is 2.79. The summed E-state index contributed by atoms with van der Waals surface area (Å²) in [6.07, 6.45) is 0.588. The molecule has 2 aromatic rings. The van der Waals surface area contributed by atoms with Crippen LogP contribution in [0.25, 0.3) is 0 Å². The largest absolute Gasteiger partial charge is 0.490 e. The van der Waals surface area contributed by atoms with Gasteiger partial charge in [0.05, 0.1) is 18.8 Å². The molecule has 0 aliphatic rings. The molecule has 0 aliphatic heterocycles. The van der Waals surface area contributed by atoms with Gasteiger partial charge in [0.1, 0.15) is 0 Å². The summed E-state index contributed by atoms with van der Waals surface area (Å²) in [5.41, 5.74) is 1.71. The molecule has 2 rings (SSSR count). The van der Waals surface area contributed by atoms with Crippen molar-refractivity contribution in [3.05, 3.63) is 53.6 Å². The number of rotatable bonds is 11. The molecule has 0 atom stereocenters. The Kier molecular flexibility index (Phi) is 9.35. The molecule has 0 bridgehead atoms. The van der Waals surface area contributed by atoms with Gasteiger partial charge in [0, 0.05) is 19.2 Å². The van der Waals surface area contributed by atoms with Crippen molar-refractivity contribution in [2.24, 2.45) is 0 Å². The van der Waals surface area contributed by atoms with Gasteiger partial charge in [-0.25, -0.2) is 4.79 Å². The first-order valence-electron chi connectivity index (χ1n) is 10.1. The molecule has 0 radical (unpaired) electrons. The van der Waals surface area contributed by atoms with Gasteiger partial charge in [0.2, 0.25) is 5.91 Å². The number of hydrogen-bond donors (Lipinski definition) is 2. The summed E-state index contributed by atoms with van der Waals surface area (Å²) in [5, 5.41) is 5.31. The van der Waals surface area contributed by atoms with E-state index in [1.165, 1.54) is 13.0 Å². The predicted molar refractivity (Wildman–Crippen MR) is 117 cm³/mol. The fourth-order valence-electron chi connectivity index (χ4n) is 2.79. The van der Waals surface area contributed by atoms with Gasteiger partial charge in [-0.2, -0.15) is 0 Å². The van der Waals surface area contributed by atoms with Gasteiger partial charge in [-0.15, -0.1) is 0 Å². The van der Waals surface area contributed by atoms with Crippen LogP contribution in [0.4, 0.5) is 5.69 Å². The van der Waals surface area contributed by atoms with Gasteiger partial charge in [-0.1, -0.05) is 12.1 Å². The minimum absolute atomic E-state index is 0.245. The maximum Gasteiger partial charge on any atom is 0.338 e. The molecule has 0 fully saturated rings. The Morgan fingerprint density at radius 2 is 1.68 bits per heavy atom. The van der Waals surface area contributed by atoms with Crippen LogP contribution in [0.1, 0.15) is 36.7 Å². The average molecular weight is 428 g/mol. The molecule has 2 amide bonds. The van der Waals surface area contributed by atoms with E-state index in [4.69, 9.17) is 14.2 Å². The lowest BCUT2D eigenvalue weighted by Crippen LogP contribution is -2.30. The van der Waals surface area contributed by atoms with E-state index in [0.29, 0.717) is 43.4 Å². The summed E-state index contributed by atoms with van der Waals surface area (Å²) >= 11 is 0. The summed E-state index contributed by atoms with van der Waals surface area (Å²) < 4.78 is 16.2. The van der Waals surface area contributed by atoms with Crippen molar-refractivity contribution in [2.75, 3.05) is 31.7 Å². The topological polar surface area (TPSA) is 103 Å². The number of ether oxygens (including phenoxy) is 3. The van der Waals surface area contributed by atoms with E-state index < -0.39 is 18.5 Å². The van der Waals surface area contributed by atoms with E-state index in [9.17, 15) is 14.4 Å². The number of hydrogen-bond acceptors (Lipinski definition) is 6. The van der Waals surface area contributed by atoms with Crippen LogP contribution in [0, 0.1) is 0 Å². The van der Waals surface area contributed by atoms with Gasteiger partial charge in [0.15, 0.2) is 18.1 Å². The molecular formula is C23H28N2O6. The van der Waals surface area contributed by atoms with Crippen molar-refractivity contribution in [2.45, 2.75) is 27.2 Å². The monoisotopic (exact) mass is 428 g/mol. The third-order valence-electron chi connectivity index (χ3n) is 4.10. The second-order valence-corrected chi connectivity index (χ2v) is 6.59. The normalized spacial score (nSPS) is 10.2. The summed E-state index contributed by atoms with van der Waals surface area (Å²) in [6.45, 7) is 6.25. The second kappa shape index (κ2) is 12.2. The number of benzene rings is 2. The number of carbonyl (C=O) groups is 3. The Bertz CT molecular complexity index is 913. The molecule has 0 heterocycles. The van der Waals surface area contributed by atoms with Crippen LogP contribution in [0.2, 0.25) is 0 Å². The molecule has 8 nitrogen and oxygen atoms in total. The number of esters is 1. The molecule has 0 aliphatic carbocycles. The fraction of sp³-hybridized carbons (Fsp3) is 0.348. The van der Waals surface area contributed by atoms with Gasteiger partial charge in [-0.3, -0.25) is 9.59 Å². The Balaban J connectivity index is 1.80. The van der Waals surface area contributed by atoms with E-state index in [1.54, 1.807) is 18.2 Å². The van der Waals surface area contributed by atoms with Crippen molar-refractivity contribution in [3.8, 4) is 11.5 Å². The van der Waals surface area contributed by atoms with Gasteiger partial charge in [0.25, 0.3) is 5.91 Å². The first-order valence-corrected chi connectivity index (χ1v) is 10.1. The third-order valence-corrected chi connectivity index (χ3v) is 4.10. The molecular weight excluding hydrogens is 400 g/mol. The number of nitrogens with one attached hydrogen (secondary N) is 2. The van der Waals surface area contributed by atoms with Gasteiger partial charge < -0.3 is 24.8 Å². The van der Waals surface area contributed by atoms with Crippen LogP contribution in [-0.4, -0.2) is 44.1 Å². The van der Waals surface area contributed by atoms with E-state index in [1.807, 2.05) is 32.0 Å². The zero-order valence-electron chi connectivity index (χ0n) is 18.0. The van der Waals surface area contributed by atoms with E-state index in [-0.39, 0.29) is 11.5 Å². The Labute approximate surface area is 181 Å². The van der Waals surface area contributed by atoms with Crippen molar-refractivity contribution < 1.29 is 28.6 Å². The highest BCUT2D eigenvalue weighted by Crippen LogP contribution is 2.28. The van der Waals surface area contributed by atoms with Gasteiger partial charge >= 0.3 is 5.97 Å². The van der Waals surface area contributed by atoms with E-state index >= 15 is 0 Å². The second-order valence-electron chi connectivity index (χ2n) is 6.59. The smallest absolute Gasteiger partial charge is 0.338 e. The van der Waals surface area contributed by atoms with Crippen molar-refractivity contribution in [3.63, 3.8) is 0 Å². The molecule has 166 valence electrons. The standard InChI is InChI=1S/C23H28N2O6/c1-4-29-20-10-9-17(13-21(20)30-5-2)11-12-24-22(27)15-31-23(28)18-7-6-8-19(14-18)25-16(3)26/h6-10,13-14H,4-5,11-12,15H2,1-3H3,(H,24,27)(H,25,26). The van der Waals surface area contributed by atoms with Crippen molar-refractivity contribution >= 4 is 23.5 Å². The Hall–Kier alpha value is -3.55. The molecule has 0 unspecified atom stereocenters. The maximum atomic E-state index is 12.1. The SMILES string of the molecule is CCOc1ccc(CCNC(=O)COC(=O)c2cccc(NC(C)=O)c2)cc1OCC. The Morgan fingerprint density at radius 3 is 2.39 bits per heavy atom. The van der Waals surface area contributed by atoms with Gasteiger partial charge in [-0.05, 0) is 56.2 Å². The lowest BCUT2D eigenvalue weighted by Gasteiger charge is -2.12. The summed E-state index contributed by atoms with van der Waals surface area (Å²) in [7, 11) is 0. The van der Waals surface area contributed by atoms with Crippen molar-refractivity contribution in [1.29, 1.82) is 0 Å². The summed E-state index contributed by atoms with van der Waals surface area (Å²) in [6, 6.07) is 12.0. The molecule has 31 heavy (non-hydrogen) atoms. The average Bonchev–Trinajstić information content (AvgIpc) is 2.74. The molecule has 2 N–H and O–H groups in total. The highest BCUT2D eigenvalue weighted by atomic mass is 16.5. The quantitative estimate of drug-likeness (QED) is 0.534. The predicted octanol–water partition coefficient (Wildman–Crippen LogP) is 2.96. The zero-order chi connectivity index (χ0) is 22.6. The first kappa shape index (κ1) is 23.7. The van der Waals surface area contributed by atoms with E-state index in [0.717, 1.165) is 5.56 Å². The van der Waals surface area contributed by atoms with Crippen LogP contribution in [0.5, 0.6) is 11.5 Å². The van der Waals surface area contributed by atoms with Crippen LogP contribution in [-0.2, 0) is 20.7 Å². The molecule has 0 saturated carbocycles. The minimum Gasteiger partial charge on any atom is -0.490 e. The summed E-state index contributed by atoms with van der Waals surface area (Å²) in [4.78, 5) is 35.2. The highest BCUT2D eigenvalue weighted by molar-refractivity contribution is 5.94. The molecule has 0 saturated heterocycles. The molecule has 8 heteroatoms. The van der Waals surface area contributed by atoms with Crippen LogP contribution >= 0.6 is 0 Å². The zero-order valence-corrected chi connectivity index (χ0v) is 18.0. The Morgan fingerprint density at radius 1 is 0.935 bits per heavy atom. The first-order chi connectivity index (χ1) is 14.9. The van der Waals surface area contributed by atoms with Crippen LogP contribution < -0.4 is 20.1 Å². The van der Waals surface area contributed by atoms with E-state index in [2.05, 4.69) is 10.6 Å². The lowest BCUT2D eigenvalue weighted by atomic mass is 10.1. The molecule has 0 aromatic heterocycles. The highest BCUT2D eigenvalue weighted by Gasteiger charge is 2.11. The third kappa shape index (κ3) is 8.00. The number of carbonyl (C=O) groups excluding carboxylic acids is 3. The van der Waals surface area contributed by atoms with Crippen LogP contribution in [0.3, 0.4) is 0 Å².